The Morgan fingerprint density at radius 3 is 0.539 bits per heavy atom. The van der Waals surface area contributed by atoms with Crippen LogP contribution in [0.4, 0.5) is 68.2 Å². The fourth-order valence-corrected chi connectivity index (χ4v) is 9.26. The van der Waals surface area contributed by atoms with Gasteiger partial charge in [-0.05, 0) is 47.6 Å². The second-order valence-corrected chi connectivity index (χ2v) is 18.0. The molecule has 41 nitrogen and oxygen atoms in total. The molecule has 0 saturated heterocycles. The van der Waals surface area contributed by atoms with Crippen molar-refractivity contribution in [3.63, 3.8) is 0 Å². The zero-order chi connectivity index (χ0) is 64.3. The summed E-state index contributed by atoms with van der Waals surface area (Å²) in [5.74, 6) is 0. The monoisotopic (exact) mass is 1210 g/mol. The van der Waals surface area contributed by atoms with Gasteiger partial charge in [-0.2, -0.15) is 0 Å². The average molecular weight is 1210 g/mol. The molecule has 7 aromatic carbocycles. The van der Waals surface area contributed by atoms with Crippen LogP contribution in [-0.4, -0.2) is 84.1 Å². The minimum absolute atomic E-state index is 0.363. The van der Waals surface area contributed by atoms with Gasteiger partial charge in [0, 0.05) is 100 Å². The summed E-state index contributed by atoms with van der Waals surface area (Å²) in [6, 6.07) is 13.3. The van der Waals surface area contributed by atoms with Crippen molar-refractivity contribution in [2.45, 2.75) is 0 Å². The van der Waals surface area contributed by atoms with Crippen LogP contribution >= 0.6 is 0 Å². The van der Waals surface area contributed by atoms with Crippen molar-refractivity contribution in [3.8, 4) is 67.5 Å². The molecule has 0 fully saturated rings. The number of nitro groups is 11. The quantitative estimate of drug-likeness (QED) is 0.0333. The molecule has 0 radical (unpaired) electrons. The van der Waals surface area contributed by atoms with Crippen LogP contribution in [0.3, 0.4) is 0 Å². The van der Waals surface area contributed by atoms with Crippen molar-refractivity contribution in [2.75, 3.05) is 0 Å². The fraction of sp³-hybridized carbons (Fsp3) is 0. The molecule has 0 aliphatic rings. The van der Waals surface area contributed by atoms with Gasteiger partial charge in [0.15, 0.2) is 5.69 Å². The molecule has 0 saturated carbocycles. The van der Waals surface area contributed by atoms with Gasteiger partial charge < -0.3 is 0 Å². The molecule has 89 heavy (non-hydrogen) atoms. The SMILES string of the molecule is O=Nc1cc(-c2nc3c(nc2-c2ccc([N+](=O)[O-])c([N+](=O)[O-])c2)c2nc(-c4ccc([N+](=O)[O-])c([N+](=O)[O-])c4)c(-c4ccc([N+](=O)[O-])c([N+](=O)[O-])c4)nc2c2nc(-c4ccc([N+](=O)[O-])c([N+](=O)[O-])c4)c(-c4ccc([N+](=O)[O-])c([N+](=O)[O-])c4)nc32)ccc1[N+](=O)[O-]. The van der Waals surface area contributed by atoms with E-state index >= 15 is 0 Å². The van der Waals surface area contributed by atoms with E-state index in [1.165, 1.54) is 0 Å². The Hall–Kier alpha value is -14.4. The average Bonchev–Trinajstić information content (AvgIpc) is 0.896. The summed E-state index contributed by atoms with van der Waals surface area (Å²) in [4.78, 5) is 163. The Kier molecular flexibility index (Phi) is 14.1. The predicted octanol–water partition coefficient (Wildman–Crippen LogP) is 10.9. The molecule has 0 aliphatic carbocycles. The number of nitro benzene ring substituents is 11. The highest BCUT2D eigenvalue weighted by atomic mass is 16.7. The van der Waals surface area contributed by atoms with Gasteiger partial charge in [0.1, 0.15) is 33.1 Å². The highest BCUT2D eigenvalue weighted by molar-refractivity contribution is 6.20. The van der Waals surface area contributed by atoms with E-state index < -0.39 is 217 Å². The van der Waals surface area contributed by atoms with Gasteiger partial charge in [0.05, 0.1) is 88.3 Å². The third-order valence-corrected chi connectivity index (χ3v) is 13.1. The van der Waals surface area contributed by atoms with Crippen LogP contribution in [-0.2, 0) is 0 Å². The number of nitrogens with zero attached hydrogens (tertiary/aromatic N) is 18. The summed E-state index contributed by atoms with van der Waals surface area (Å²) in [7, 11) is 0. The van der Waals surface area contributed by atoms with Crippen molar-refractivity contribution in [1.82, 2.24) is 29.9 Å². The third kappa shape index (κ3) is 10.1. The first kappa shape index (κ1) is 57.8. The van der Waals surface area contributed by atoms with Gasteiger partial charge >= 0.3 is 56.9 Å². The Labute approximate surface area is 482 Å². The maximum absolute atomic E-state index is 12.5. The summed E-state index contributed by atoms with van der Waals surface area (Å²) in [5, 5.41) is 138. The van der Waals surface area contributed by atoms with Crippen LogP contribution in [0.1, 0.15) is 0 Å². The van der Waals surface area contributed by atoms with E-state index in [0.717, 1.165) is 48.5 Å². The van der Waals surface area contributed by atoms with Gasteiger partial charge in [-0.15, -0.1) is 4.91 Å². The molecule has 3 heterocycles. The molecule has 10 aromatic rings. The molecule has 0 spiro atoms. The lowest BCUT2D eigenvalue weighted by Gasteiger charge is -2.17. The van der Waals surface area contributed by atoms with Crippen molar-refractivity contribution in [3.05, 3.63) is 225 Å². The molecule has 0 unspecified atom stereocenters. The Bertz CT molecular complexity index is 4930. The van der Waals surface area contributed by atoms with Crippen molar-refractivity contribution >= 4 is 101 Å². The van der Waals surface area contributed by atoms with Crippen LogP contribution in [0.15, 0.2) is 114 Å². The molecule has 0 aliphatic heterocycles. The van der Waals surface area contributed by atoms with Crippen LogP contribution < -0.4 is 0 Å². The van der Waals surface area contributed by atoms with Crippen LogP contribution in [0.5, 0.6) is 0 Å². The van der Waals surface area contributed by atoms with E-state index in [9.17, 15) is 116 Å². The van der Waals surface area contributed by atoms with Gasteiger partial charge in [0.2, 0.25) is 0 Å². The smallest absolute Gasteiger partial charge is 0.258 e. The second kappa shape index (κ2) is 21.7. The molecular formula is C48H18N18O23. The van der Waals surface area contributed by atoms with Crippen molar-refractivity contribution in [1.29, 1.82) is 0 Å². The first-order valence-corrected chi connectivity index (χ1v) is 23.7. The summed E-state index contributed by atoms with van der Waals surface area (Å²) < 4.78 is 0. The van der Waals surface area contributed by atoms with E-state index in [0.29, 0.717) is 60.7 Å². The lowest BCUT2D eigenvalue weighted by atomic mass is 9.99. The van der Waals surface area contributed by atoms with E-state index in [1.807, 2.05) is 0 Å². The molecule has 0 bridgehead atoms. The normalized spacial score (nSPS) is 11.1. The van der Waals surface area contributed by atoms with E-state index in [1.54, 1.807) is 0 Å². The maximum Gasteiger partial charge on any atom is 0.346 e. The summed E-state index contributed by atoms with van der Waals surface area (Å²) >= 11 is 0. The van der Waals surface area contributed by atoms with Crippen LogP contribution in [0.25, 0.3) is 101 Å². The number of nitroso groups, excluding NO2 is 1. The third-order valence-electron chi connectivity index (χ3n) is 13.1. The topological polar surface area (TPSA) is 581 Å². The Morgan fingerprint density at radius 2 is 0.382 bits per heavy atom. The molecule has 0 atom stereocenters. The van der Waals surface area contributed by atoms with E-state index in [-0.39, 0.29) is 5.56 Å². The summed E-state index contributed by atoms with van der Waals surface area (Å²) in [6.45, 7) is 0. The minimum Gasteiger partial charge on any atom is -0.258 e. The zero-order valence-electron chi connectivity index (χ0n) is 42.8. The molecule has 0 N–H and O–H groups in total. The number of hydrogen-bond donors (Lipinski definition) is 0. The zero-order valence-corrected chi connectivity index (χ0v) is 42.8. The molecule has 0 amide bonds. The predicted molar refractivity (Wildman–Crippen MR) is 297 cm³/mol. The van der Waals surface area contributed by atoms with Gasteiger partial charge in [-0.1, -0.05) is 0 Å². The lowest BCUT2D eigenvalue weighted by molar-refractivity contribution is -0.422. The summed E-state index contributed by atoms with van der Waals surface area (Å²) in [6.07, 6.45) is 0. The van der Waals surface area contributed by atoms with Crippen molar-refractivity contribution < 1.29 is 54.2 Å². The summed E-state index contributed by atoms with van der Waals surface area (Å²) in [5.41, 5.74) is -23.7. The molecular weight excluding hydrogens is 1200 g/mol. The first-order chi connectivity index (χ1) is 42.2. The van der Waals surface area contributed by atoms with Crippen LogP contribution in [0.2, 0.25) is 0 Å². The lowest BCUT2D eigenvalue weighted by Crippen LogP contribution is -2.06. The van der Waals surface area contributed by atoms with Gasteiger partial charge in [0.25, 0.3) is 5.69 Å². The van der Waals surface area contributed by atoms with Gasteiger partial charge in [-0.3, -0.25) is 111 Å². The standard InChI is InChI=1S/C48H18N18O23/c67-55-25-13-19(1-7-26(25)56(68)69)37-38(20-2-8-27(57(70)71)32(14-20)62(80)81)50-44-43(49-37)45-47(53-40(22-4-10-29(59(74)75)34(16-22)64(84)85)39(51-45)21-3-9-28(58(72)73)33(15-21)63(82)83)48-46(44)52-41(23-5-11-30(60(76)77)35(17-23)65(86)87)42(54-48)24-6-12-31(61(78)79)36(18-24)66(88)89/h1-18H. The highest BCUT2D eigenvalue weighted by Crippen LogP contribution is 2.46. The highest BCUT2D eigenvalue weighted by Gasteiger charge is 2.35. The Balaban J connectivity index is 1.50. The molecule has 438 valence electrons. The first-order valence-electron chi connectivity index (χ1n) is 23.7. The van der Waals surface area contributed by atoms with Crippen molar-refractivity contribution in [2.24, 2.45) is 5.18 Å². The number of aromatic nitrogens is 6. The fourth-order valence-electron chi connectivity index (χ4n) is 9.26. The van der Waals surface area contributed by atoms with E-state index in [2.05, 4.69) is 5.18 Å². The molecule has 10 rings (SSSR count). The molecule has 41 heteroatoms. The minimum atomic E-state index is -1.21. The van der Waals surface area contributed by atoms with Crippen LogP contribution in [0, 0.1) is 116 Å². The van der Waals surface area contributed by atoms with E-state index in [4.69, 9.17) is 29.9 Å². The van der Waals surface area contributed by atoms with Gasteiger partial charge in [-0.25, -0.2) is 29.9 Å². The number of rotatable bonds is 18. The maximum atomic E-state index is 12.5. The largest absolute Gasteiger partial charge is 0.346 e. The number of hydrogen-bond acceptors (Lipinski definition) is 30. The molecule has 3 aromatic heterocycles. The number of benzene rings is 7. The Morgan fingerprint density at radius 1 is 0.225 bits per heavy atom. The second-order valence-electron chi connectivity index (χ2n) is 18.0. The number of fused-ring (bicyclic) bond motifs is 6.